The molecule has 0 saturated heterocycles. The zero-order valence-corrected chi connectivity index (χ0v) is 4.15. The molecule has 0 fully saturated rings. The van der Waals surface area contributed by atoms with Crippen molar-refractivity contribution >= 4 is 6.34 Å². The molecule has 0 saturated carbocycles. The molecular weight excluding hydrogens is 88.1 g/mol. The first-order valence-electron chi connectivity index (χ1n) is 2.32. The number of rotatable bonds is 0. The van der Waals surface area contributed by atoms with Crippen molar-refractivity contribution in [3.8, 4) is 0 Å². The summed E-state index contributed by atoms with van der Waals surface area (Å²) in [5.74, 6) is 0. The van der Waals surface area contributed by atoms with E-state index in [1.54, 1.807) is 6.34 Å². The average Bonchev–Trinajstić information content (AvgIpc) is 1.69. The average molecular weight is 96.1 g/mol. The molecule has 0 amide bonds. The third-order valence-corrected chi connectivity index (χ3v) is 0.903. The van der Waals surface area contributed by atoms with Crippen LogP contribution in [0.3, 0.4) is 0 Å². The van der Waals surface area contributed by atoms with E-state index in [-0.39, 0.29) is 0 Å². The topological polar surface area (TPSA) is 24.4 Å². The van der Waals surface area contributed by atoms with E-state index in [1.165, 1.54) is 0 Å². The summed E-state index contributed by atoms with van der Waals surface area (Å²) in [6, 6.07) is 0. The van der Waals surface area contributed by atoms with E-state index < -0.39 is 0 Å². The molecule has 0 unspecified atom stereocenters. The van der Waals surface area contributed by atoms with Gasteiger partial charge in [-0.25, -0.2) is 0 Å². The summed E-state index contributed by atoms with van der Waals surface area (Å²) >= 11 is 0. The lowest BCUT2D eigenvalue weighted by molar-refractivity contribution is 0.863. The summed E-state index contributed by atoms with van der Waals surface area (Å²) in [5.41, 5.74) is 1.06. The van der Waals surface area contributed by atoms with Gasteiger partial charge in [0.2, 0.25) is 0 Å². The minimum absolute atomic E-state index is 0.895. The van der Waals surface area contributed by atoms with E-state index in [4.69, 9.17) is 0 Å². The Morgan fingerprint density at radius 3 is 3.00 bits per heavy atom. The smallest absolute Gasteiger partial charge is 0.0865 e. The molecule has 0 aliphatic carbocycles. The molecule has 0 radical (unpaired) electrons. The third kappa shape index (κ3) is 1.03. The van der Waals surface area contributed by atoms with Gasteiger partial charge in [0.25, 0.3) is 0 Å². The van der Waals surface area contributed by atoms with Gasteiger partial charge < -0.3 is 5.32 Å². The fourth-order valence-electron chi connectivity index (χ4n) is 0.473. The van der Waals surface area contributed by atoms with E-state index in [2.05, 4.69) is 16.9 Å². The van der Waals surface area contributed by atoms with Crippen LogP contribution in [-0.2, 0) is 0 Å². The standard InChI is InChI=1S/C5H8N2/c1-5-2-3-6-4-7-5/h4H,1-3H2,(H,6,7). The maximum Gasteiger partial charge on any atom is 0.0865 e. The Labute approximate surface area is 42.9 Å². The van der Waals surface area contributed by atoms with Crippen molar-refractivity contribution in [2.45, 2.75) is 6.42 Å². The third-order valence-electron chi connectivity index (χ3n) is 0.903. The molecule has 2 nitrogen and oxygen atoms in total. The first kappa shape index (κ1) is 4.37. The highest BCUT2D eigenvalue weighted by atomic mass is 15.0. The summed E-state index contributed by atoms with van der Waals surface area (Å²) < 4.78 is 0. The van der Waals surface area contributed by atoms with Gasteiger partial charge in [-0.05, 0) is 0 Å². The maximum absolute atomic E-state index is 3.93. The number of aliphatic imine (C=N–C) groups is 1. The first-order chi connectivity index (χ1) is 3.39. The molecular formula is C5H8N2. The van der Waals surface area contributed by atoms with Crippen LogP contribution in [0.4, 0.5) is 0 Å². The summed E-state index contributed by atoms with van der Waals surface area (Å²) in [6.45, 7) is 4.61. The van der Waals surface area contributed by atoms with Gasteiger partial charge in [-0.15, -0.1) is 0 Å². The highest BCUT2D eigenvalue weighted by molar-refractivity contribution is 5.58. The lowest BCUT2D eigenvalue weighted by Gasteiger charge is -2.06. The maximum atomic E-state index is 3.93. The monoisotopic (exact) mass is 96.1 g/mol. The molecule has 0 atom stereocenters. The number of nitrogens with one attached hydrogen (secondary N) is 1. The van der Waals surface area contributed by atoms with Gasteiger partial charge in [0.1, 0.15) is 0 Å². The van der Waals surface area contributed by atoms with Crippen LogP contribution in [0, 0.1) is 0 Å². The SMILES string of the molecule is C=C1CCN=CN1. The van der Waals surface area contributed by atoms with Crippen molar-refractivity contribution in [3.05, 3.63) is 12.3 Å². The summed E-state index contributed by atoms with van der Waals surface area (Å²) in [6.07, 6.45) is 2.67. The van der Waals surface area contributed by atoms with Gasteiger partial charge in [0.15, 0.2) is 0 Å². The second kappa shape index (κ2) is 1.78. The van der Waals surface area contributed by atoms with Crippen molar-refractivity contribution in [2.24, 2.45) is 4.99 Å². The Morgan fingerprint density at radius 1 is 1.86 bits per heavy atom. The Hall–Kier alpha value is -0.790. The molecule has 38 valence electrons. The molecule has 1 aliphatic rings. The number of hydrogen-bond acceptors (Lipinski definition) is 2. The van der Waals surface area contributed by atoms with Crippen molar-refractivity contribution < 1.29 is 0 Å². The van der Waals surface area contributed by atoms with Gasteiger partial charge in [0, 0.05) is 18.7 Å². The Balaban J connectivity index is 2.47. The molecule has 2 heteroatoms. The minimum atomic E-state index is 0.895. The van der Waals surface area contributed by atoms with E-state index in [0.717, 1.165) is 18.7 Å². The summed E-state index contributed by atoms with van der Waals surface area (Å²) in [7, 11) is 0. The van der Waals surface area contributed by atoms with Crippen LogP contribution in [0.1, 0.15) is 6.42 Å². The molecule has 0 aromatic carbocycles. The van der Waals surface area contributed by atoms with E-state index >= 15 is 0 Å². The zero-order chi connectivity index (χ0) is 5.11. The second-order valence-electron chi connectivity index (χ2n) is 1.53. The first-order valence-corrected chi connectivity index (χ1v) is 2.32. The lowest BCUT2D eigenvalue weighted by atomic mass is 10.3. The number of nitrogens with zero attached hydrogens (tertiary/aromatic N) is 1. The highest BCUT2D eigenvalue weighted by Gasteiger charge is 1.92. The lowest BCUT2D eigenvalue weighted by Crippen LogP contribution is -2.14. The van der Waals surface area contributed by atoms with Crippen molar-refractivity contribution in [3.63, 3.8) is 0 Å². The van der Waals surface area contributed by atoms with Gasteiger partial charge in [-0.1, -0.05) is 6.58 Å². The van der Waals surface area contributed by atoms with Crippen LogP contribution < -0.4 is 5.32 Å². The van der Waals surface area contributed by atoms with Crippen LogP contribution >= 0.6 is 0 Å². The largest absolute Gasteiger partial charge is 0.351 e. The molecule has 1 N–H and O–H groups in total. The zero-order valence-electron chi connectivity index (χ0n) is 4.15. The Morgan fingerprint density at radius 2 is 2.71 bits per heavy atom. The van der Waals surface area contributed by atoms with Crippen LogP contribution in [0.25, 0.3) is 0 Å². The Bertz CT molecular complexity index is 105. The van der Waals surface area contributed by atoms with Crippen LogP contribution in [-0.4, -0.2) is 12.9 Å². The normalized spacial score (nSPS) is 19.1. The predicted octanol–water partition coefficient (Wildman–Crippen LogP) is 0.522. The van der Waals surface area contributed by atoms with E-state index in [9.17, 15) is 0 Å². The molecule has 1 heterocycles. The van der Waals surface area contributed by atoms with Crippen molar-refractivity contribution in [2.75, 3.05) is 6.54 Å². The van der Waals surface area contributed by atoms with Crippen molar-refractivity contribution in [1.82, 2.24) is 5.32 Å². The molecule has 1 aliphatic heterocycles. The van der Waals surface area contributed by atoms with E-state index in [0.29, 0.717) is 0 Å². The second-order valence-corrected chi connectivity index (χ2v) is 1.53. The highest BCUT2D eigenvalue weighted by Crippen LogP contribution is 1.94. The van der Waals surface area contributed by atoms with Crippen LogP contribution in [0.5, 0.6) is 0 Å². The molecule has 0 bridgehead atoms. The van der Waals surface area contributed by atoms with Crippen molar-refractivity contribution in [1.29, 1.82) is 0 Å². The Kier molecular flexibility index (Phi) is 1.11. The van der Waals surface area contributed by atoms with Crippen LogP contribution in [0.15, 0.2) is 17.3 Å². The predicted molar refractivity (Wildman–Crippen MR) is 30.3 cm³/mol. The minimum Gasteiger partial charge on any atom is -0.351 e. The van der Waals surface area contributed by atoms with Crippen LogP contribution in [0.2, 0.25) is 0 Å². The summed E-state index contributed by atoms with van der Waals surface area (Å²) in [4.78, 5) is 3.93. The fraction of sp³-hybridized carbons (Fsp3) is 0.400. The van der Waals surface area contributed by atoms with Gasteiger partial charge in [-0.2, -0.15) is 0 Å². The van der Waals surface area contributed by atoms with Gasteiger partial charge >= 0.3 is 0 Å². The molecule has 1 rings (SSSR count). The number of hydrogen-bond donors (Lipinski definition) is 1. The fourth-order valence-corrected chi connectivity index (χ4v) is 0.473. The molecule has 0 aromatic heterocycles. The van der Waals surface area contributed by atoms with Gasteiger partial charge in [-0.3, -0.25) is 4.99 Å². The molecule has 0 aromatic rings. The van der Waals surface area contributed by atoms with Gasteiger partial charge in [0.05, 0.1) is 6.34 Å². The van der Waals surface area contributed by atoms with E-state index in [1.807, 2.05) is 0 Å². The summed E-state index contributed by atoms with van der Waals surface area (Å²) in [5, 5.41) is 2.90. The molecule has 0 spiro atoms. The quantitative estimate of drug-likeness (QED) is 0.467. The molecule has 7 heavy (non-hydrogen) atoms.